The van der Waals surface area contributed by atoms with Crippen LogP contribution in [0.5, 0.6) is 0 Å². The minimum Gasteiger partial charge on any atom is -0.395 e. The van der Waals surface area contributed by atoms with Crippen LogP contribution in [-0.4, -0.2) is 87.8 Å². The average Bonchev–Trinajstić information content (AvgIpc) is 3.08. The molecule has 3 N–H and O–H groups in total. The molecule has 0 spiro atoms. The number of azide groups is 1. The molecule has 12 nitrogen and oxygen atoms in total. The molecule has 2 aromatic heterocycles. The maximum absolute atomic E-state index is 9.15. The summed E-state index contributed by atoms with van der Waals surface area (Å²) < 4.78 is 0. The molecular weight excluding hydrogens is 558 g/mol. The van der Waals surface area contributed by atoms with Crippen molar-refractivity contribution in [1.82, 2.24) is 19.9 Å². The van der Waals surface area contributed by atoms with E-state index in [2.05, 4.69) is 30.0 Å². The molecule has 4 rings (SSSR count). The van der Waals surface area contributed by atoms with Crippen LogP contribution in [0.3, 0.4) is 0 Å². The predicted octanol–water partition coefficient (Wildman–Crippen LogP) is 4.19. The molecule has 0 radical (unpaired) electrons. The van der Waals surface area contributed by atoms with E-state index in [1.165, 1.54) is 12.7 Å². The highest BCUT2D eigenvalue weighted by atomic mass is 16.3. The summed E-state index contributed by atoms with van der Waals surface area (Å²) in [7, 11) is 0. The highest BCUT2D eigenvalue weighted by molar-refractivity contribution is 5.69. The van der Waals surface area contributed by atoms with E-state index in [-0.39, 0.29) is 19.8 Å². The molecule has 0 atom stereocenters. The number of aliphatic hydroxyl groups is 3. The van der Waals surface area contributed by atoms with Crippen molar-refractivity contribution in [3.63, 3.8) is 0 Å². The smallest absolute Gasteiger partial charge is 0.115 e. The molecule has 0 unspecified atom stereocenters. The van der Waals surface area contributed by atoms with Crippen LogP contribution in [0.1, 0.15) is 22.5 Å². The first-order valence-corrected chi connectivity index (χ1v) is 14.1. The Morgan fingerprint density at radius 3 is 1.41 bits per heavy atom. The molecular formula is C32H37N9O3. The average molecular weight is 596 g/mol. The standard InChI is InChI=1S/C16H18N6O.C16H19N3O2/c17-21-20-9-10-22(11-12-23)16-5-2-14(3-6-16)1-4-15-7-8-18-13-19-15;20-11-9-19(10-12-21)16-5-2-14(3-6-16)1-4-15-7-8-17-13-18-15/h1-8,13,23H,9-12H2;1-8,13,20-21H,9-12H2/b2*4-1+. The first kappa shape index (κ1) is 33.4. The van der Waals surface area contributed by atoms with Gasteiger partial charge < -0.3 is 25.1 Å². The third-order valence-electron chi connectivity index (χ3n) is 6.26. The van der Waals surface area contributed by atoms with Gasteiger partial charge in [-0.2, -0.15) is 0 Å². The highest BCUT2D eigenvalue weighted by Gasteiger charge is 2.06. The third-order valence-corrected chi connectivity index (χ3v) is 6.26. The van der Waals surface area contributed by atoms with Crippen molar-refractivity contribution in [3.05, 3.63) is 119 Å². The zero-order chi connectivity index (χ0) is 31.2. The van der Waals surface area contributed by atoms with Crippen molar-refractivity contribution in [1.29, 1.82) is 0 Å². The van der Waals surface area contributed by atoms with Crippen molar-refractivity contribution < 1.29 is 15.3 Å². The van der Waals surface area contributed by atoms with Crippen LogP contribution >= 0.6 is 0 Å². The minimum atomic E-state index is 0.0473. The Bertz CT molecular complexity index is 1440. The van der Waals surface area contributed by atoms with Gasteiger partial charge in [0.05, 0.1) is 31.2 Å². The van der Waals surface area contributed by atoms with Crippen molar-refractivity contribution >= 4 is 35.7 Å². The summed E-state index contributed by atoms with van der Waals surface area (Å²) in [5.41, 5.74) is 14.1. The SMILES string of the molecule is OCCN(CCO)c1ccc(/C=C/c2ccncn2)cc1.[N-]=[N+]=NCCN(CCO)c1ccc(/C=C/c2ccncn2)cc1. The van der Waals surface area contributed by atoms with Crippen LogP contribution < -0.4 is 9.80 Å². The second-order valence-corrected chi connectivity index (χ2v) is 9.22. The summed E-state index contributed by atoms with van der Waals surface area (Å²) in [6.45, 7) is 2.63. The molecule has 44 heavy (non-hydrogen) atoms. The quantitative estimate of drug-likeness (QED) is 0.104. The van der Waals surface area contributed by atoms with Crippen LogP contribution in [0, 0.1) is 0 Å². The van der Waals surface area contributed by atoms with Gasteiger partial charge in [0.25, 0.3) is 0 Å². The van der Waals surface area contributed by atoms with Gasteiger partial charge in [0.2, 0.25) is 0 Å². The Kier molecular flexibility index (Phi) is 15.1. The van der Waals surface area contributed by atoms with E-state index < -0.39 is 0 Å². The van der Waals surface area contributed by atoms with E-state index in [9.17, 15) is 0 Å². The molecule has 0 aliphatic carbocycles. The Morgan fingerprint density at radius 1 is 0.614 bits per heavy atom. The molecule has 2 heterocycles. The van der Waals surface area contributed by atoms with Crippen LogP contribution in [-0.2, 0) is 0 Å². The Labute approximate surface area is 257 Å². The molecule has 12 heteroatoms. The number of hydrogen-bond acceptors (Lipinski definition) is 10. The number of benzene rings is 2. The van der Waals surface area contributed by atoms with Gasteiger partial charge in [-0.05, 0) is 65.2 Å². The largest absolute Gasteiger partial charge is 0.395 e. The Morgan fingerprint density at radius 2 is 1.05 bits per heavy atom. The normalized spacial score (nSPS) is 10.7. The van der Waals surface area contributed by atoms with Gasteiger partial charge in [-0.3, -0.25) is 0 Å². The van der Waals surface area contributed by atoms with Gasteiger partial charge in [0, 0.05) is 61.4 Å². The molecule has 0 saturated heterocycles. The number of aromatic nitrogens is 4. The molecule has 0 fully saturated rings. The second-order valence-electron chi connectivity index (χ2n) is 9.22. The molecule has 0 bridgehead atoms. The number of hydrogen-bond donors (Lipinski definition) is 3. The van der Waals surface area contributed by atoms with E-state index >= 15 is 0 Å². The van der Waals surface area contributed by atoms with Crippen LogP contribution in [0.2, 0.25) is 0 Å². The van der Waals surface area contributed by atoms with E-state index in [0.717, 1.165) is 33.9 Å². The molecule has 2 aromatic carbocycles. The topological polar surface area (TPSA) is 167 Å². The van der Waals surface area contributed by atoms with E-state index in [4.69, 9.17) is 20.9 Å². The molecule has 228 valence electrons. The predicted molar refractivity (Wildman–Crippen MR) is 175 cm³/mol. The van der Waals surface area contributed by atoms with E-state index in [1.807, 2.05) is 94.8 Å². The number of rotatable bonds is 15. The second kappa shape index (κ2) is 19.9. The molecule has 4 aromatic rings. The molecule has 0 saturated carbocycles. The zero-order valence-electron chi connectivity index (χ0n) is 24.4. The summed E-state index contributed by atoms with van der Waals surface area (Å²) in [5.74, 6) is 0. The summed E-state index contributed by atoms with van der Waals surface area (Å²) in [5, 5.41) is 30.8. The summed E-state index contributed by atoms with van der Waals surface area (Å²) in [6, 6.07) is 19.6. The van der Waals surface area contributed by atoms with Crippen LogP contribution in [0.25, 0.3) is 34.7 Å². The first-order chi connectivity index (χ1) is 21.7. The molecule has 0 aliphatic rings. The Balaban J connectivity index is 0.000000241. The van der Waals surface area contributed by atoms with E-state index in [1.54, 1.807) is 12.4 Å². The van der Waals surface area contributed by atoms with Gasteiger partial charge in [0.15, 0.2) is 0 Å². The number of anilines is 2. The fourth-order valence-corrected chi connectivity index (χ4v) is 4.07. The van der Waals surface area contributed by atoms with Crippen molar-refractivity contribution in [2.75, 3.05) is 62.3 Å². The molecule has 0 amide bonds. The minimum absolute atomic E-state index is 0.0473. The Hall–Kier alpha value is -5.13. The molecule has 0 aliphatic heterocycles. The van der Waals surface area contributed by atoms with Crippen molar-refractivity contribution in [2.45, 2.75) is 0 Å². The van der Waals surface area contributed by atoms with Crippen LogP contribution in [0.4, 0.5) is 11.4 Å². The summed E-state index contributed by atoms with van der Waals surface area (Å²) in [4.78, 5) is 22.7. The summed E-state index contributed by atoms with van der Waals surface area (Å²) in [6.07, 6.45) is 14.2. The van der Waals surface area contributed by atoms with E-state index in [0.29, 0.717) is 32.7 Å². The van der Waals surface area contributed by atoms with Crippen molar-refractivity contribution in [3.8, 4) is 0 Å². The fraction of sp³-hybridized carbons (Fsp3) is 0.250. The van der Waals surface area contributed by atoms with Gasteiger partial charge in [-0.15, -0.1) is 0 Å². The van der Waals surface area contributed by atoms with Crippen molar-refractivity contribution in [2.24, 2.45) is 5.11 Å². The maximum Gasteiger partial charge on any atom is 0.115 e. The van der Waals surface area contributed by atoms with Gasteiger partial charge in [-0.25, -0.2) is 19.9 Å². The van der Waals surface area contributed by atoms with Gasteiger partial charge in [-0.1, -0.05) is 41.5 Å². The van der Waals surface area contributed by atoms with Gasteiger partial charge in [0.1, 0.15) is 12.7 Å². The highest BCUT2D eigenvalue weighted by Crippen LogP contribution is 2.17. The lowest BCUT2D eigenvalue weighted by atomic mass is 10.1. The number of aliphatic hydroxyl groups excluding tert-OH is 3. The lowest BCUT2D eigenvalue weighted by molar-refractivity contribution is 0.281. The third kappa shape index (κ3) is 12.0. The monoisotopic (exact) mass is 595 g/mol. The summed E-state index contributed by atoms with van der Waals surface area (Å²) >= 11 is 0. The fourth-order valence-electron chi connectivity index (χ4n) is 4.07. The van der Waals surface area contributed by atoms with Crippen LogP contribution in [0.15, 0.2) is 90.8 Å². The maximum atomic E-state index is 9.15. The lowest BCUT2D eigenvalue weighted by Gasteiger charge is -2.23. The lowest BCUT2D eigenvalue weighted by Crippen LogP contribution is -2.29. The number of nitrogens with zero attached hydrogens (tertiary/aromatic N) is 9. The first-order valence-electron chi connectivity index (χ1n) is 14.1. The zero-order valence-corrected chi connectivity index (χ0v) is 24.4. The van der Waals surface area contributed by atoms with Gasteiger partial charge >= 0.3 is 0 Å².